The van der Waals surface area contributed by atoms with Crippen LogP contribution in [0.15, 0.2) is 66.9 Å². The Hall–Kier alpha value is -3.19. The lowest BCUT2D eigenvalue weighted by Crippen LogP contribution is -2.49. The maximum absolute atomic E-state index is 14.6. The van der Waals surface area contributed by atoms with Gasteiger partial charge in [-0.3, -0.25) is 0 Å². The third-order valence-electron chi connectivity index (χ3n) is 5.73. The van der Waals surface area contributed by atoms with Gasteiger partial charge in [-0.05, 0) is 11.0 Å². The van der Waals surface area contributed by atoms with Gasteiger partial charge in [0.25, 0.3) is 0 Å². The first-order valence-corrected chi connectivity index (χ1v) is 11.6. The quantitative estimate of drug-likeness (QED) is 0.511. The second-order valence-corrected chi connectivity index (χ2v) is 9.89. The van der Waals surface area contributed by atoms with Crippen molar-refractivity contribution in [3.8, 4) is 11.3 Å². The fourth-order valence-corrected chi connectivity index (χ4v) is 4.14. The number of carbonyl (C=O) groups is 1. The molecule has 0 bridgehead atoms. The average molecular weight is 466 g/mol. The van der Waals surface area contributed by atoms with E-state index in [4.69, 9.17) is 10.7 Å². The summed E-state index contributed by atoms with van der Waals surface area (Å²) in [6.45, 7) is 6.48. The number of halogens is 1. The maximum atomic E-state index is 14.6. The average Bonchev–Trinajstić information content (AvgIpc) is 3.21. The summed E-state index contributed by atoms with van der Waals surface area (Å²) in [5.41, 5.74) is 8.10. The van der Waals surface area contributed by atoms with Crippen molar-refractivity contribution in [3.05, 3.63) is 78.2 Å². The number of alkyl halides is 1. The first kappa shape index (κ1) is 25.4. The number of nitrogens with zero attached hydrogens (tertiary/aromatic N) is 4. The molecule has 2 aromatic carbocycles. The van der Waals surface area contributed by atoms with Crippen LogP contribution in [0.4, 0.5) is 9.18 Å². The second-order valence-electron chi connectivity index (χ2n) is 9.89. The highest BCUT2D eigenvalue weighted by molar-refractivity contribution is 5.74. The van der Waals surface area contributed by atoms with Crippen molar-refractivity contribution < 1.29 is 9.18 Å². The molecule has 0 radical (unpaired) electrons. The van der Waals surface area contributed by atoms with Gasteiger partial charge in [-0.2, -0.15) is 0 Å². The van der Waals surface area contributed by atoms with Gasteiger partial charge in [-0.25, -0.2) is 14.2 Å². The number of urea groups is 1. The van der Waals surface area contributed by atoms with E-state index in [1.165, 1.54) is 4.90 Å². The summed E-state index contributed by atoms with van der Waals surface area (Å²) in [6.07, 6.45) is 0.685. The van der Waals surface area contributed by atoms with E-state index in [1.807, 2.05) is 75.5 Å². The molecule has 0 unspecified atom stereocenters. The Morgan fingerprint density at radius 2 is 1.65 bits per heavy atom. The van der Waals surface area contributed by atoms with Crippen LogP contribution in [0.1, 0.15) is 38.2 Å². The summed E-state index contributed by atoms with van der Waals surface area (Å²) in [7, 11) is 3.35. The second kappa shape index (κ2) is 10.8. The molecule has 0 aliphatic carbocycles. The van der Waals surface area contributed by atoms with Crippen molar-refractivity contribution in [1.29, 1.82) is 0 Å². The molecule has 3 rings (SSSR count). The number of amides is 2. The molecule has 0 fully saturated rings. The summed E-state index contributed by atoms with van der Waals surface area (Å²) < 4.78 is 16.7. The number of carbonyl (C=O) groups excluding carboxylic acids is 1. The van der Waals surface area contributed by atoms with Crippen LogP contribution in [0.5, 0.6) is 0 Å². The number of benzene rings is 2. The minimum Gasteiger partial charge on any atom is -0.331 e. The van der Waals surface area contributed by atoms with Gasteiger partial charge in [0.05, 0.1) is 18.3 Å². The molecule has 0 saturated carbocycles. The van der Waals surface area contributed by atoms with E-state index in [0.29, 0.717) is 6.54 Å². The number of hydrogen-bond donors (Lipinski definition) is 1. The third-order valence-corrected chi connectivity index (χ3v) is 5.73. The van der Waals surface area contributed by atoms with Crippen molar-refractivity contribution in [2.45, 2.75) is 39.5 Å². The lowest BCUT2D eigenvalue weighted by atomic mass is 9.84. The monoisotopic (exact) mass is 465 g/mol. The van der Waals surface area contributed by atoms with Crippen LogP contribution in [-0.2, 0) is 6.54 Å². The van der Waals surface area contributed by atoms with E-state index < -0.39 is 17.6 Å². The van der Waals surface area contributed by atoms with Gasteiger partial charge in [0, 0.05) is 38.9 Å². The molecule has 2 amide bonds. The molecule has 2 atom stereocenters. The molecule has 1 heterocycles. The molecule has 0 aliphatic rings. The van der Waals surface area contributed by atoms with Crippen LogP contribution in [0, 0.1) is 5.41 Å². The molecular formula is C27H36FN5O. The van der Waals surface area contributed by atoms with Gasteiger partial charge < -0.3 is 20.1 Å². The van der Waals surface area contributed by atoms with E-state index in [-0.39, 0.29) is 19.1 Å². The van der Waals surface area contributed by atoms with Crippen molar-refractivity contribution in [1.82, 2.24) is 19.4 Å². The molecule has 0 aliphatic heterocycles. The molecule has 0 saturated heterocycles. The van der Waals surface area contributed by atoms with E-state index in [2.05, 4.69) is 16.7 Å². The smallest absolute Gasteiger partial charge is 0.320 e. The Balaban J connectivity index is 2.18. The molecular weight excluding hydrogens is 429 g/mol. The number of nitrogens with two attached hydrogens (primary N) is 1. The van der Waals surface area contributed by atoms with Crippen LogP contribution in [0.25, 0.3) is 11.3 Å². The Bertz CT molecular complexity index is 1060. The number of rotatable bonds is 8. The van der Waals surface area contributed by atoms with Gasteiger partial charge in [0.1, 0.15) is 12.0 Å². The normalized spacial score (nSPS) is 13.4. The Kier molecular flexibility index (Phi) is 8.10. The van der Waals surface area contributed by atoms with Crippen molar-refractivity contribution in [2.75, 3.05) is 27.2 Å². The first-order chi connectivity index (χ1) is 16.1. The highest BCUT2D eigenvalue weighted by Gasteiger charge is 2.39. The number of aromatic nitrogens is 2. The fraction of sp³-hybridized carbons (Fsp3) is 0.407. The van der Waals surface area contributed by atoms with Crippen LogP contribution in [0.3, 0.4) is 0 Å². The minimum absolute atomic E-state index is 0.103. The van der Waals surface area contributed by atoms with E-state index in [9.17, 15) is 9.18 Å². The summed E-state index contributed by atoms with van der Waals surface area (Å²) in [6, 6.07) is 19.3. The van der Waals surface area contributed by atoms with Gasteiger partial charge in [-0.1, -0.05) is 81.4 Å². The summed E-state index contributed by atoms with van der Waals surface area (Å²) >= 11 is 0. The van der Waals surface area contributed by atoms with Gasteiger partial charge >= 0.3 is 6.03 Å². The minimum atomic E-state index is -1.33. The van der Waals surface area contributed by atoms with Crippen LogP contribution < -0.4 is 5.73 Å². The highest BCUT2D eigenvalue weighted by atomic mass is 19.1. The molecule has 1 aromatic heterocycles. The Morgan fingerprint density at radius 3 is 2.18 bits per heavy atom. The largest absolute Gasteiger partial charge is 0.331 e. The third kappa shape index (κ3) is 6.03. The predicted molar refractivity (Wildman–Crippen MR) is 135 cm³/mol. The Morgan fingerprint density at radius 1 is 1.06 bits per heavy atom. The SMILES string of the molecule is CN(C)C(=O)N(C[C@@H](F)CN)[C@@H](c1nc(-c2ccccc2)cn1Cc1ccccc1)C(C)(C)C. The summed E-state index contributed by atoms with van der Waals surface area (Å²) in [5, 5.41) is 0. The number of imidazole rings is 1. The molecule has 182 valence electrons. The zero-order chi connectivity index (χ0) is 24.9. The van der Waals surface area contributed by atoms with Crippen LogP contribution in [0.2, 0.25) is 0 Å². The van der Waals surface area contributed by atoms with Crippen molar-refractivity contribution in [2.24, 2.45) is 11.1 Å². The highest BCUT2D eigenvalue weighted by Crippen LogP contribution is 2.39. The van der Waals surface area contributed by atoms with Crippen molar-refractivity contribution >= 4 is 6.03 Å². The summed E-state index contributed by atoms with van der Waals surface area (Å²) in [4.78, 5) is 21.4. The van der Waals surface area contributed by atoms with Gasteiger partial charge in [-0.15, -0.1) is 0 Å². The topological polar surface area (TPSA) is 67.4 Å². The first-order valence-electron chi connectivity index (χ1n) is 11.6. The Labute approximate surface area is 202 Å². The maximum Gasteiger partial charge on any atom is 0.320 e. The van der Waals surface area contributed by atoms with Crippen molar-refractivity contribution in [3.63, 3.8) is 0 Å². The van der Waals surface area contributed by atoms with Crippen LogP contribution in [-0.4, -0.2) is 58.7 Å². The fourth-order valence-electron chi connectivity index (χ4n) is 4.14. The zero-order valence-electron chi connectivity index (χ0n) is 20.8. The predicted octanol–water partition coefficient (Wildman–Crippen LogP) is 4.97. The van der Waals surface area contributed by atoms with Gasteiger partial charge in [0.15, 0.2) is 0 Å². The molecule has 0 spiro atoms. The summed E-state index contributed by atoms with van der Waals surface area (Å²) in [5.74, 6) is 0.717. The van der Waals surface area contributed by atoms with Crippen LogP contribution >= 0.6 is 0 Å². The van der Waals surface area contributed by atoms with E-state index in [0.717, 1.165) is 22.6 Å². The zero-order valence-corrected chi connectivity index (χ0v) is 20.8. The molecule has 34 heavy (non-hydrogen) atoms. The standard InChI is InChI=1S/C27H36FN5O/c1-27(2,3)24(33(18-22(28)16-29)26(34)31(4)5)25-30-23(21-14-10-7-11-15-21)19-32(25)17-20-12-8-6-9-13-20/h6-15,19,22,24H,16-18,29H2,1-5H3/t22-,24-/m0/s1. The molecule has 7 heteroatoms. The lowest BCUT2D eigenvalue weighted by molar-refractivity contribution is 0.0754. The van der Waals surface area contributed by atoms with E-state index >= 15 is 0 Å². The molecule has 6 nitrogen and oxygen atoms in total. The lowest BCUT2D eigenvalue weighted by Gasteiger charge is -2.41. The number of hydrogen-bond acceptors (Lipinski definition) is 3. The van der Waals surface area contributed by atoms with E-state index in [1.54, 1.807) is 19.0 Å². The van der Waals surface area contributed by atoms with Gasteiger partial charge in [0.2, 0.25) is 0 Å². The molecule has 3 aromatic rings. The molecule has 2 N–H and O–H groups in total.